The van der Waals surface area contributed by atoms with Crippen molar-refractivity contribution < 1.29 is 17.7 Å². The van der Waals surface area contributed by atoms with Crippen LogP contribution in [0.15, 0.2) is 72.8 Å². The second-order valence-corrected chi connectivity index (χ2v) is 7.77. The molecule has 116 valence electrons. The molecule has 0 radical (unpaired) electrons. The normalized spacial score (nSPS) is 11.4. The molecule has 0 aliphatic rings. The van der Waals surface area contributed by atoms with Crippen molar-refractivity contribution >= 4 is 23.1 Å². The average molecular weight is 332 g/mol. The summed E-state index contributed by atoms with van der Waals surface area (Å²) in [7, 11) is -3.50. The van der Waals surface area contributed by atoms with Gasteiger partial charge in [0, 0.05) is 15.9 Å². The third-order valence-corrected chi connectivity index (χ3v) is 6.61. The van der Waals surface area contributed by atoms with Gasteiger partial charge in [0.2, 0.25) is 0 Å². The minimum atomic E-state index is -3.50. The highest BCUT2D eigenvalue weighted by atomic mass is 31.2. The van der Waals surface area contributed by atoms with Crippen molar-refractivity contribution in [3.63, 3.8) is 0 Å². The van der Waals surface area contributed by atoms with Crippen LogP contribution in [0.25, 0.3) is 0 Å². The summed E-state index contributed by atoms with van der Waals surface area (Å²) in [6.07, 6.45) is 0. The highest BCUT2D eigenvalue weighted by Crippen LogP contribution is 2.42. The van der Waals surface area contributed by atoms with E-state index in [1.54, 1.807) is 60.7 Å². The fourth-order valence-electron chi connectivity index (χ4n) is 2.45. The summed E-state index contributed by atoms with van der Waals surface area (Å²) in [5.41, 5.74) is 0. The van der Waals surface area contributed by atoms with E-state index in [4.69, 9.17) is 0 Å². The molecule has 3 aromatic rings. The Morgan fingerprint density at radius 3 is 1.39 bits per heavy atom. The SMILES string of the molecule is O=P(c1ccccc1)(c1ccccc1)c1cc(F)c(F)c(F)c1. The molecule has 0 saturated carbocycles. The molecule has 23 heavy (non-hydrogen) atoms. The minimum absolute atomic E-state index is 0.0775. The van der Waals surface area contributed by atoms with Crippen molar-refractivity contribution in [3.8, 4) is 0 Å². The van der Waals surface area contributed by atoms with Gasteiger partial charge in [-0.2, -0.15) is 0 Å². The van der Waals surface area contributed by atoms with Gasteiger partial charge in [0.1, 0.15) is 0 Å². The molecule has 5 heteroatoms. The largest absolute Gasteiger partial charge is 0.309 e. The first kappa shape index (κ1) is 15.6. The van der Waals surface area contributed by atoms with Crippen LogP contribution in [0, 0.1) is 17.5 Å². The molecule has 3 rings (SSSR count). The first-order chi connectivity index (χ1) is 11.0. The van der Waals surface area contributed by atoms with Crippen LogP contribution >= 0.6 is 7.14 Å². The lowest BCUT2D eigenvalue weighted by molar-refractivity contribution is 0.448. The van der Waals surface area contributed by atoms with E-state index >= 15 is 0 Å². The van der Waals surface area contributed by atoms with Crippen LogP contribution in [0.4, 0.5) is 13.2 Å². The monoisotopic (exact) mass is 332 g/mol. The van der Waals surface area contributed by atoms with Gasteiger partial charge in [-0.05, 0) is 12.1 Å². The van der Waals surface area contributed by atoms with Crippen LogP contribution < -0.4 is 15.9 Å². The van der Waals surface area contributed by atoms with E-state index in [1.165, 1.54) is 0 Å². The molecule has 0 N–H and O–H groups in total. The lowest BCUT2D eigenvalue weighted by Gasteiger charge is -2.20. The molecule has 0 amide bonds. The number of hydrogen-bond donors (Lipinski definition) is 0. The summed E-state index contributed by atoms with van der Waals surface area (Å²) in [6.45, 7) is 0. The highest BCUT2D eigenvalue weighted by Gasteiger charge is 2.31. The van der Waals surface area contributed by atoms with E-state index < -0.39 is 24.6 Å². The van der Waals surface area contributed by atoms with Crippen molar-refractivity contribution in [3.05, 3.63) is 90.2 Å². The molecule has 0 saturated heterocycles. The van der Waals surface area contributed by atoms with Gasteiger partial charge in [-0.1, -0.05) is 60.7 Å². The zero-order chi connectivity index (χ0) is 16.4. The summed E-state index contributed by atoms with van der Waals surface area (Å²) in [5, 5.41) is 0.777. The molecule has 0 aromatic heterocycles. The summed E-state index contributed by atoms with van der Waals surface area (Å²) in [6, 6.07) is 18.4. The van der Waals surface area contributed by atoms with E-state index in [9.17, 15) is 17.7 Å². The van der Waals surface area contributed by atoms with Crippen molar-refractivity contribution in [1.29, 1.82) is 0 Å². The van der Waals surface area contributed by atoms with Crippen LogP contribution in [-0.2, 0) is 4.57 Å². The summed E-state index contributed by atoms with van der Waals surface area (Å²) < 4.78 is 54.4. The van der Waals surface area contributed by atoms with Gasteiger partial charge in [-0.3, -0.25) is 0 Å². The van der Waals surface area contributed by atoms with Gasteiger partial charge in [-0.25, -0.2) is 13.2 Å². The van der Waals surface area contributed by atoms with Crippen molar-refractivity contribution in [2.24, 2.45) is 0 Å². The van der Waals surface area contributed by atoms with E-state index in [2.05, 4.69) is 0 Å². The van der Waals surface area contributed by atoms with Gasteiger partial charge in [0.25, 0.3) is 0 Å². The maximum Gasteiger partial charge on any atom is 0.194 e. The van der Waals surface area contributed by atoms with Crippen LogP contribution in [0.2, 0.25) is 0 Å². The standard InChI is InChI=1S/C18H12F3OP/c19-16-11-15(12-17(20)18(16)21)23(22,13-7-3-1-4-8-13)14-9-5-2-6-10-14/h1-12H. The second-order valence-electron chi connectivity index (χ2n) is 5.00. The zero-order valence-electron chi connectivity index (χ0n) is 11.9. The van der Waals surface area contributed by atoms with Gasteiger partial charge in [-0.15, -0.1) is 0 Å². The Hall–Kier alpha value is -2.32. The van der Waals surface area contributed by atoms with Crippen molar-refractivity contribution in [2.45, 2.75) is 0 Å². The van der Waals surface area contributed by atoms with Gasteiger partial charge < -0.3 is 4.57 Å². The molecule has 1 nitrogen and oxygen atoms in total. The summed E-state index contributed by atoms with van der Waals surface area (Å²) >= 11 is 0. The van der Waals surface area contributed by atoms with Crippen LogP contribution in [0.5, 0.6) is 0 Å². The van der Waals surface area contributed by atoms with Crippen molar-refractivity contribution in [1.82, 2.24) is 0 Å². The molecule has 0 aliphatic heterocycles. The molecular formula is C18H12F3OP. The second kappa shape index (κ2) is 6.05. The predicted molar refractivity (Wildman–Crippen MR) is 85.7 cm³/mol. The quantitative estimate of drug-likeness (QED) is 0.527. The van der Waals surface area contributed by atoms with Gasteiger partial charge in [0.15, 0.2) is 24.6 Å². The Morgan fingerprint density at radius 1 is 0.609 bits per heavy atom. The smallest absolute Gasteiger partial charge is 0.194 e. The van der Waals surface area contributed by atoms with Crippen LogP contribution in [-0.4, -0.2) is 0 Å². The van der Waals surface area contributed by atoms with E-state index in [0.717, 1.165) is 12.1 Å². The molecule has 0 heterocycles. The Kier molecular flexibility index (Phi) is 4.10. The molecule has 3 aromatic carbocycles. The number of benzene rings is 3. The fraction of sp³-hybridized carbons (Fsp3) is 0. The minimum Gasteiger partial charge on any atom is -0.309 e. The lowest BCUT2D eigenvalue weighted by atomic mass is 10.3. The van der Waals surface area contributed by atoms with E-state index in [1.807, 2.05) is 0 Å². The molecule has 0 bridgehead atoms. The summed E-state index contributed by atoms with van der Waals surface area (Å²) in [4.78, 5) is 0. The molecule has 0 spiro atoms. The van der Waals surface area contributed by atoms with Crippen molar-refractivity contribution in [2.75, 3.05) is 0 Å². The van der Waals surface area contributed by atoms with E-state index in [0.29, 0.717) is 10.6 Å². The number of rotatable bonds is 3. The van der Waals surface area contributed by atoms with Gasteiger partial charge >= 0.3 is 0 Å². The maximum absolute atomic E-state index is 13.8. The summed E-state index contributed by atoms with van der Waals surface area (Å²) in [5.74, 6) is -4.28. The molecule has 0 atom stereocenters. The number of hydrogen-bond acceptors (Lipinski definition) is 1. The third kappa shape index (κ3) is 2.71. The van der Waals surface area contributed by atoms with E-state index in [-0.39, 0.29) is 5.30 Å². The Bertz CT molecular complexity index is 813. The molecule has 0 unspecified atom stereocenters. The molecular weight excluding hydrogens is 320 g/mol. The Morgan fingerprint density at radius 2 is 1.00 bits per heavy atom. The molecule has 0 fully saturated rings. The lowest BCUT2D eigenvalue weighted by Crippen LogP contribution is -2.26. The molecule has 0 aliphatic carbocycles. The highest BCUT2D eigenvalue weighted by molar-refractivity contribution is 7.85. The Labute approximate surface area is 131 Å². The topological polar surface area (TPSA) is 17.1 Å². The Balaban J connectivity index is 2.32. The zero-order valence-corrected chi connectivity index (χ0v) is 12.8. The fourth-order valence-corrected chi connectivity index (χ4v) is 5.12. The first-order valence-electron chi connectivity index (χ1n) is 6.90. The number of halogens is 3. The van der Waals surface area contributed by atoms with Gasteiger partial charge in [0.05, 0.1) is 0 Å². The van der Waals surface area contributed by atoms with Crippen LogP contribution in [0.1, 0.15) is 0 Å². The third-order valence-electron chi connectivity index (χ3n) is 3.57. The first-order valence-corrected chi connectivity index (χ1v) is 8.60. The predicted octanol–water partition coefficient (Wildman–Crippen LogP) is 3.74. The van der Waals surface area contributed by atoms with Crippen LogP contribution in [0.3, 0.4) is 0 Å². The maximum atomic E-state index is 13.8. The average Bonchev–Trinajstić information content (AvgIpc) is 2.60.